The van der Waals surface area contributed by atoms with Crippen molar-refractivity contribution >= 4 is 18.5 Å². The molecule has 1 heterocycles. The molecular weight excluding hydrogens is 134 g/mol. The topological polar surface area (TPSA) is 63.0 Å². The first-order valence-corrected chi connectivity index (χ1v) is 2.77. The molecule has 0 aliphatic carbocycles. The summed E-state index contributed by atoms with van der Waals surface area (Å²) in [4.78, 5) is 18.6. The van der Waals surface area contributed by atoms with Gasteiger partial charge in [0.25, 0.3) is 0 Å². The summed E-state index contributed by atoms with van der Waals surface area (Å²) < 4.78 is 0. The Balaban J connectivity index is 2.40. The fourth-order valence-corrected chi connectivity index (χ4v) is 0.534. The third-order valence-electron chi connectivity index (χ3n) is 0.883. The zero-order valence-corrected chi connectivity index (χ0v) is 5.44. The smallest absolute Gasteiger partial charge is 0.218 e. The second kappa shape index (κ2) is 2.95. The molecule has 1 aliphatic heterocycles. The van der Waals surface area contributed by atoms with E-state index in [1.165, 1.54) is 19.5 Å². The number of amides is 1. The van der Waals surface area contributed by atoms with E-state index in [0.717, 1.165) is 0 Å². The maximum Gasteiger partial charge on any atom is 0.218 e. The summed E-state index contributed by atoms with van der Waals surface area (Å²) >= 11 is 0. The van der Waals surface area contributed by atoms with Gasteiger partial charge < -0.3 is 10.2 Å². The molecule has 0 spiro atoms. The maximum atomic E-state index is 10.4. The first-order chi connectivity index (χ1) is 4.79. The highest BCUT2D eigenvalue weighted by molar-refractivity contribution is 5.79. The predicted octanol–water partition coefficient (Wildman–Crippen LogP) is -0.507. The quantitative estimate of drug-likeness (QED) is 0.534. The molecule has 5 heteroatoms. The highest BCUT2D eigenvalue weighted by atomic mass is 16.6. The summed E-state index contributed by atoms with van der Waals surface area (Å²) in [7, 11) is 0. The second-order valence-corrected chi connectivity index (χ2v) is 1.76. The van der Waals surface area contributed by atoms with Gasteiger partial charge in [-0.2, -0.15) is 0 Å². The van der Waals surface area contributed by atoms with Gasteiger partial charge in [0.05, 0.1) is 6.21 Å². The molecule has 1 unspecified atom stereocenters. The normalized spacial score (nSPS) is 21.9. The third kappa shape index (κ3) is 1.85. The molecule has 0 saturated heterocycles. The Hall–Kier alpha value is -1.39. The van der Waals surface area contributed by atoms with Crippen molar-refractivity contribution < 1.29 is 9.63 Å². The average molecular weight is 141 g/mol. The Kier molecular flexibility index (Phi) is 1.99. The zero-order chi connectivity index (χ0) is 7.40. The van der Waals surface area contributed by atoms with Crippen molar-refractivity contribution in [2.75, 3.05) is 0 Å². The van der Waals surface area contributed by atoms with Gasteiger partial charge in [-0.25, -0.2) is 4.99 Å². The second-order valence-electron chi connectivity index (χ2n) is 1.76. The lowest BCUT2D eigenvalue weighted by Gasteiger charge is -2.08. The molecule has 0 aromatic carbocycles. The van der Waals surface area contributed by atoms with Crippen molar-refractivity contribution in [3.8, 4) is 0 Å². The minimum absolute atomic E-state index is 0.143. The molecule has 5 nitrogen and oxygen atoms in total. The van der Waals surface area contributed by atoms with Crippen molar-refractivity contribution in [2.45, 2.75) is 13.1 Å². The Labute approximate surface area is 57.8 Å². The van der Waals surface area contributed by atoms with Crippen LogP contribution in [0.5, 0.6) is 0 Å². The molecule has 1 rings (SSSR count). The molecule has 0 radical (unpaired) electrons. The molecular formula is C5H7N3O2. The predicted molar refractivity (Wildman–Crippen MR) is 35.7 cm³/mol. The summed E-state index contributed by atoms with van der Waals surface area (Å²) in [5, 5.41) is 5.94. The van der Waals surface area contributed by atoms with Crippen LogP contribution in [0.4, 0.5) is 0 Å². The standard InChI is InChI=1S/C5H7N3O2/c1-4(9)8-5-2-7-10-3-6-5/h2-3,5H,1H3,(H,8,9). The number of carbonyl (C=O) groups is 1. The van der Waals surface area contributed by atoms with Crippen LogP contribution in [0, 0.1) is 0 Å². The van der Waals surface area contributed by atoms with Crippen LogP contribution in [0.3, 0.4) is 0 Å². The lowest BCUT2D eigenvalue weighted by atomic mass is 10.5. The minimum Gasteiger partial charge on any atom is -0.345 e. The number of hydrogen-bond donors (Lipinski definition) is 1. The highest BCUT2D eigenvalue weighted by Gasteiger charge is 2.05. The molecule has 0 bridgehead atoms. The van der Waals surface area contributed by atoms with Crippen LogP contribution in [0.25, 0.3) is 0 Å². The van der Waals surface area contributed by atoms with Crippen molar-refractivity contribution in [3.05, 3.63) is 0 Å². The van der Waals surface area contributed by atoms with E-state index in [1.54, 1.807) is 0 Å². The summed E-state index contributed by atoms with van der Waals surface area (Å²) in [6, 6.07) is 0. The molecule has 0 fully saturated rings. The monoisotopic (exact) mass is 141 g/mol. The van der Waals surface area contributed by atoms with Gasteiger partial charge in [0.15, 0.2) is 6.17 Å². The fourth-order valence-electron chi connectivity index (χ4n) is 0.534. The lowest BCUT2D eigenvalue weighted by molar-refractivity contribution is -0.119. The van der Waals surface area contributed by atoms with Gasteiger partial charge >= 0.3 is 0 Å². The summed E-state index contributed by atoms with van der Waals surface area (Å²) in [5.74, 6) is -0.143. The van der Waals surface area contributed by atoms with Crippen molar-refractivity contribution in [2.24, 2.45) is 10.1 Å². The lowest BCUT2D eigenvalue weighted by Crippen LogP contribution is -2.33. The molecule has 0 aromatic rings. The molecule has 1 atom stereocenters. The van der Waals surface area contributed by atoms with Gasteiger partial charge in [-0.3, -0.25) is 4.79 Å². The fraction of sp³-hybridized carbons (Fsp3) is 0.400. The number of hydrogen-bond acceptors (Lipinski definition) is 4. The summed E-state index contributed by atoms with van der Waals surface area (Å²) in [5.41, 5.74) is 0. The molecule has 10 heavy (non-hydrogen) atoms. The molecule has 0 saturated carbocycles. The summed E-state index contributed by atoms with van der Waals surface area (Å²) in [6.07, 6.45) is 2.22. The average Bonchev–Trinajstić information content (AvgIpc) is 1.88. The van der Waals surface area contributed by atoms with E-state index in [1.807, 2.05) is 0 Å². The van der Waals surface area contributed by atoms with Gasteiger partial charge in [0.1, 0.15) is 0 Å². The molecule has 54 valence electrons. The van der Waals surface area contributed by atoms with Gasteiger partial charge in [-0.1, -0.05) is 5.16 Å². The first kappa shape index (κ1) is 6.73. The SMILES string of the molecule is CC(=O)NC1C=NOC=N1. The molecule has 1 amide bonds. The van der Waals surface area contributed by atoms with Gasteiger partial charge in [-0.15, -0.1) is 0 Å². The van der Waals surface area contributed by atoms with Gasteiger partial charge in [0, 0.05) is 6.92 Å². The van der Waals surface area contributed by atoms with Crippen molar-refractivity contribution in [1.29, 1.82) is 0 Å². The van der Waals surface area contributed by atoms with E-state index in [-0.39, 0.29) is 12.1 Å². The number of nitrogens with one attached hydrogen (secondary N) is 1. The van der Waals surface area contributed by atoms with Crippen LogP contribution in [-0.4, -0.2) is 24.7 Å². The van der Waals surface area contributed by atoms with Crippen LogP contribution in [0.2, 0.25) is 0 Å². The largest absolute Gasteiger partial charge is 0.345 e. The Bertz CT molecular complexity index is 175. The van der Waals surface area contributed by atoms with Crippen LogP contribution in [0.15, 0.2) is 10.1 Å². The highest BCUT2D eigenvalue weighted by Crippen LogP contribution is 1.87. The zero-order valence-electron chi connectivity index (χ0n) is 5.44. The van der Waals surface area contributed by atoms with Crippen LogP contribution in [0.1, 0.15) is 6.92 Å². The van der Waals surface area contributed by atoms with Crippen LogP contribution < -0.4 is 5.32 Å². The molecule has 1 N–H and O–H groups in total. The first-order valence-electron chi connectivity index (χ1n) is 2.77. The third-order valence-corrected chi connectivity index (χ3v) is 0.883. The number of carbonyl (C=O) groups excluding carboxylic acids is 1. The van der Waals surface area contributed by atoms with Crippen LogP contribution in [-0.2, 0) is 9.63 Å². The van der Waals surface area contributed by atoms with E-state index in [4.69, 9.17) is 0 Å². The van der Waals surface area contributed by atoms with Crippen molar-refractivity contribution in [3.63, 3.8) is 0 Å². The van der Waals surface area contributed by atoms with E-state index in [0.29, 0.717) is 0 Å². The minimum atomic E-state index is -0.369. The van der Waals surface area contributed by atoms with E-state index in [9.17, 15) is 4.79 Å². The van der Waals surface area contributed by atoms with E-state index < -0.39 is 0 Å². The number of rotatable bonds is 1. The number of aliphatic imine (C=N–C) groups is 1. The van der Waals surface area contributed by atoms with E-state index >= 15 is 0 Å². The Morgan fingerprint density at radius 2 is 2.60 bits per heavy atom. The molecule has 0 aromatic heterocycles. The number of nitrogens with zero attached hydrogens (tertiary/aromatic N) is 2. The maximum absolute atomic E-state index is 10.4. The van der Waals surface area contributed by atoms with Crippen molar-refractivity contribution in [1.82, 2.24) is 5.32 Å². The number of oxime groups is 1. The molecule has 1 aliphatic rings. The van der Waals surface area contributed by atoms with Gasteiger partial charge in [0.2, 0.25) is 12.3 Å². The van der Waals surface area contributed by atoms with Gasteiger partial charge in [-0.05, 0) is 0 Å². The van der Waals surface area contributed by atoms with E-state index in [2.05, 4.69) is 20.3 Å². The summed E-state index contributed by atoms with van der Waals surface area (Å²) in [6.45, 7) is 1.42. The van der Waals surface area contributed by atoms with Crippen LogP contribution >= 0.6 is 0 Å². The Morgan fingerprint density at radius 3 is 3.10 bits per heavy atom. The Morgan fingerprint density at radius 1 is 1.80 bits per heavy atom.